The molecule has 0 bridgehead atoms. The van der Waals surface area contributed by atoms with Gasteiger partial charge in [-0.3, -0.25) is 14.5 Å². The van der Waals surface area contributed by atoms with Crippen LogP contribution in [0.2, 0.25) is 0 Å². The fraction of sp³-hybridized carbons (Fsp3) is 0.833. The van der Waals surface area contributed by atoms with Crippen molar-refractivity contribution in [3.63, 3.8) is 0 Å². The third-order valence-electron chi connectivity index (χ3n) is 3.15. The molecule has 2 unspecified atom stereocenters. The second-order valence-electron chi connectivity index (χ2n) is 4.95. The number of hydrogen-bond acceptors (Lipinski definition) is 4. The first kappa shape index (κ1) is 14.9. The molecule has 3 N–H and O–H groups in total. The van der Waals surface area contributed by atoms with Gasteiger partial charge in [-0.15, -0.1) is 0 Å². The molecule has 2 atom stereocenters. The number of carbonyl (C=O) groups is 2. The highest BCUT2D eigenvalue weighted by atomic mass is 16.4. The Labute approximate surface area is 107 Å². The van der Waals surface area contributed by atoms with Crippen molar-refractivity contribution in [1.82, 2.24) is 10.2 Å². The van der Waals surface area contributed by atoms with Crippen LogP contribution in [-0.2, 0) is 9.59 Å². The van der Waals surface area contributed by atoms with Crippen molar-refractivity contribution >= 4 is 11.9 Å². The molecular formula is C12H22N2O4. The Kier molecular flexibility index (Phi) is 6.07. The Hall–Kier alpha value is -1.14. The predicted octanol–water partition coefficient (Wildman–Crippen LogP) is -0.330. The highest BCUT2D eigenvalue weighted by Gasteiger charge is 2.28. The summed E-state index contributed by atoms with van der Waals surface area (Å²) >= 11 is 0. The number of nitrogens with one attached hydrogen (secondary N) is 1. The van der Waals surface area contributed by atoms with Crippen LogP contribution in [0.1, 0.15) is 26.2 Å². The number of carbonyl (C=O) groups excluding carboxylic acids is 1. The first-order chi connectivity index (χ1) is 8.51. The number of piperidine rings is 1. The standard InChI is InChI=1S/C12H22N2O4/c1-9(16)13-11-5-10(3-2-4-15)6-14(7-11)8-12(17)18/h10-11,15H,2-8H2,1H3,(H,13,16)(H,17,18). The van der Waals surface area contributed by atoms with Gasteiger partial charge >= 0.3 is 5.97 Å². The van der Waals surface area contributed by atoms with Crippen LogP contribution in [-0.4, -0.2) is 59.3 Å². The number of nitrogens with zero attached hydrogens (tertiary/aromatic N) is 1. The second kappa shape index (κ2) is 7.33. The lowest BCUT2D eigenvalue weighted by atomic mass is 9.90. The van der Waals surface area contributed by atoms with Gasteiger partial charge in [-0.25, -0.2) is 0 Å². The van der Waals surface area contributed by atoms with Crippen molar-refractivity contribution in [2.75, 3.05) is 26.2 Å². The maximum absolute atomic E-state index is 11.1. The molecule has 1 fully saturated rings. The molecule has 1 amide bonds. The minimum Gasteiger partial charge on any atom is -0.480 e. The van der Waals surface area contributed by atoms with Crippen LogP contribution in [0.25, 0.3) is 0 Å². The average molecular weight is 258 g/mol. The highest BCUT2D eigenvalue weighted by Crippen LogP contribution is 2.21. The molecule has 1 aliphatic heterocycles. The fourth-order valence-electron chi connectivity index (χ4n) is 2.60. The van der Waals surface area contributed by atoms with Crippen molar-refractivity contribution in [2.24, 2.45) is 5.92 Å². The Morgan fingerprint density at radius 2 is 2.11 bits per heavy atom. The summed E-state index contributed by atoms with van der Waals surface area (Å²) in [5.41, 5.74) is 0. The number of aliphatic hydroxyl groups excluding tert-OH is 1. The molecule has 1 heterocycles. The van der Waals surface area contributed by atoms with Gasteiger partial charge in [0.2, 0.25) is 5.91 Å². The van der Waals surface area contributed by atoms with Crippen molar-refractivity contribution in [3.8, 4) is 0 Å². The number of aliphatic carboxylic acids is 1. The lowest BCUT2D eigenvalue weighted by Crippen LogP contribution is -2.51. The maximum atomic E-state index is 11.1. The predicted molar refractivity (Wildman–Crippen MR) is 66.1 cm³/mol. The van der Waals surface area contributed by atoms with Gasteiger partial charge in [0.15, 0.2) is 0 Å². The minimum absolute atomic E-state index is 0.00566. The quantitative estimate of drug-likeness (QED) is 0.607. The zero-order valence-corrected chi connectivity index (χ0v) is 10.8. The molecule has 18 heavy (non-hydrogen) atoms. The third kappa shape index (κ3) is 5.46. The molecule has 0 aromatic carbocycles. The molecule has 1 aliphatic rings. The SMILES string of the molecule is CC(=O)NC1CC(CCCO)CN(CC(=O)O)C1. The number of carboxylic acid groups (broad SMARTS) is 1. The van der Waals surface area contributed by atoms with E-state index in [1.54, 1.807) is 0 Å². The average Bonchev–Trinajstić information content (AvgIpc) is 2.24. The zero-order valence-electron chi connectivity index (χ0n) is 10.8. The Balaban J connectivity index is 2.53. The molecule has 0 aliphatic carbocycles. The first-order valence-electron chi connectivity index (χ1n) is 6.33. The number of likely N-dealkylation sites (tertiary alicyclic amines) is 1. The van der Waals surface area contributed by atoms with E-state index >= 15 is 0 Å². The van der Waals surface area contributed by atoms with Crippen molar-refractivity contribution in [3.05, 3.63) is 0 Å². The van der Waals surface area contributed by atoms with Crippen LogP contribution >= 0.6 is 0 Å². The summed E-state index contributed by atoms with van der Waals surface area (Å²) in [6.07, 6.45) is 2.44. The molecule has 0 radical (unpaired) electrons. The Morgan fingerprint density at radius 3 is 2.67 bits per heavy atom. The lowest BCUT2D eigenvalue weighted by Gasteiger charge is -2.37. The summed E-state index contributed by atoms with van der Waals surface area (Å²) in [4.78, 5) is 23.7. The van der Waals surface area contributed by atoms with Crippen molar-refractivity contribution in [2.45, 2.75) is 32.2 Å². The highest BCUT2D eigenvalue weighted by molar-refractivity contribution is 5.73. The van der Waals surface area contributed by atoms with Crippen molar-refractivity contribution < 1.29 is 19.8 Å². The molecule has 6 nitrogen and oxygen atoms in total. The van der Waals surface area contributed by atoms with Gasteiger partial charge in [-0.1, -0.05) is 0 Å². The maximum Gasteiger partial charge on any atom is 0.317 e. The van der Waals surface area contributed by atoms with Gasteiger partial charge in [0, 0.05) is 32.7 Å². The molecular weight excluding hydrogens is 236 g/mol. The van der Waals surface area contributed by atoms with Gasteiger partial charge in [-0.2, -0.15) is 0 Å². The molecule has 1 saturated heterocycles. The molecule has 0 spiro atoms. The summed E-state index contributed by atoms with van der Waals surface area (Å²) in [5, 5.41) is 20.5. The lowest BCUT2D eigenvalue weighted by molar-refractivity contribution is -0.138. The molecule has 6 heteroatoms. The number of amides is 1. The minimum atomic E-state index is -0.848. The fourth-order valence-corrected chi connectivity index (χ4v) is 2.60. The summed E-state index contributed by atoms with van der Waals surface area (Å²) in [6, 6.07) is 0.0132. The van der Waals surface area contributed by atoms with Gasteiger partial charge in [0.05, 0.1) is 6.54 Å². The van der Waals surface area contributed by atoms with Crippen molar-refractivity contribution in [1.29, 1.82) is 0 Å². The van der Waals surface area contributed by atoms with E-state index in [1.807, 2.05) is 4.90 Å². The first-order valence-corrected chi connectivity index (χ1v) is 6.33. The van der Waals surface area contributed by atoms with Gasteiger partial charge in [0.25, 0.3) is 0 Å². The van der Waals surface area contributed by atoms with E-state index in [0.717, 1.165) is 25.8 Å². The van der Waals surface area contributed by atoms with E-state index < -0.39 is 5.97 Å². The summed E-state index contributed by atoms with van der Waals surface area (Å²) in [7, 11) is 0. The molecule has 1 rings (SSSR count). The topological polar surface area (TPSA) is 89.9 Å². The van der Waals surface area contributed by atoms with Gasteiger partial charge in [-0.05, 0) is 25.2 Å². The van der Waals surface area contributed by atoms with E-state index in [9.17, 15) is 9.59 Å². The van der Waals surface area contributed by atoms with E-state index in [0.29, 0.717) is 12.5 Å². The van der Waals surface area contributed by atoms with E-state index in [-0.39, 0.29) is 25.1 Å². The number of hydrogen-bond donors (Lipinski definition) is 3. The van der Waals surface area contributed by atoms with E-state index in [4.69, 9.17) is 10.2 Å². The molecule has 0 aromatic rings. The van der Waals surface area contributed by atoms with E-state index in [1.165, 1.54) is 6.92 Å². The summed E-state index contributed by atoms with van der Waals surface area (Å²) in [5.74, 6) is -0.598. The van der Waals surface area contributed by atoms with Crippen LogP contribution in [0.15, 0.2) is 0 Å². The smallest absolute Gasteiger partial charge is 0.317 e. The van der Waals surface area contributed by atoms with Crippen LogP contribution in [0.3, 0.4) is 0 Å². The second-order valence-corrected chi connectivity index (χ2v) is 4.95. The number of carboxylic acids is 1. The van der Waals surface area contributed by atoms with Gasteiger partial charge < -0.3 is 15.5 Å². The summed E-state index contributed by atoms with van der Waals surface area (Å²) < 4.78 is 0. The molecule has 0 aromatic heterocycles. The molecule has 0 saturated carbocycles. The Bertz CT molecular complexity index is 272. The normalized spacial score (nSPS) is 24.8. The number of aliphatic hydroxyl groups is 1. The Morgan fingerprint density at radius 1 is 1.39 bits per heavy atom. The third-order valence-corrected chi connectivity index (χ3v) is 3.15. The van der Waals surface area contributed by atoms with Crippen LogP contribution < -0.4 is 5.32 Å². The van der Waals surface area contributed by atoms with Crippen LogP contribution in [0.5, 0.6) is 0 Å². The van der Waals surface area contributed by atoms with Gasteiger partial charge in [0.1, 0.15) is 0 Å². The zero-order chi connectivity index (χ0) is 13.5. The number of rotatable bonds is 6. The van der Waals surface area contributed by atoms with E-state index in [2.05, 4.69) is 5.32 Å². The summed E-state index contributed by atoms with van der Waals surface area (Å²) in [6.45, 7) is 2.94. The largest absolute Gasteiger partial charge is 0.480 e. The van der Waals surface area contributed by atoms with Crippen LogP contribution in [0.4, 0.5) is 0 Å². The molecule has 104 valence electrons. The van der Waals surface area contributed by atoms with Crippen LogP contribution in [0, 0.1) is 5.92 Å². The monoisotopic (exact) mass is 258 g/mol.